The first kappa shape index (κ1) is 18.5. The molecule has 0 aromatic rings. The number of nitrogens with two attached hydrogens (primary N) is 2. The van der Waals surface area contributed by atoms with Crippen LogP contribution in [0.5, 0.6) is 0 Å². The van der Waals surface area contributed by atoms with Crippen molar-refractivity contribution in [2.45, 2.75) is 13.0 Å². The smallest absolute Gasteiger partial charge is 0.326 e. The number of rotatable bonds is 7. The van der Waals surface area contributed by atoms with Crippen LogP contribution in [0, 0.1) is 10.8 Å². The molecule has 120 valence electrons. The number of hydrogen-bond acceptors (Lipinski definition) is 6. The molecule has 0 radical (unpaired) electrons. The molecule has 6 N–H and O–H groups in total. The van der Waals surface area contributed by atoms with Gasteiger partial charge < -0.3 is 30.7 Å². The van der Waals surface area contributed by atoms with Crippen LogP contribution in [0.2, 0.25) is 0 Å². The maximum Gasteiger partial charge on any atom is 0.326 e. The van der Waals surface area contributed by atoms with Crippen molar-refractivity contribution in [1.82, 2.24) is 9.80 Å². The molecule has 0 saturated heterocycles. The molecule has 0 aromatic heterocycles. The zero-order chi connectivity index (χ0) is 16.6. The minimum atomic E-state index is -0.635. The van der Waals surface area contributed by atoms with Gasteiger partial charge in [0.15, 0.2) is 11.9 Å². The summed E-state index contributed by atoms with van der Waals surface area (Å²) in [5.74, 6) is -1.68. The van der Waals surface area contributed by atoms with Crippen LogP contribution in [0.3, 0.4) is 0 Å². The minimum Gasteiger partial charge on any atom is -0.460 e. The summed E-state index contributed by atoms with van der Waals surface area (Å²) in [6, 6.07) is 0. The van der Waals surface area contributed by atoms with Gasteiger partial charge in [-0.3, -0.25) is 20.4 Å². The molecule has 10 nitrogen and oxygen atoms in total. The number of hydrogen-bond donors (Lipinski definition) is 4. The molecule has 1 unspecified atom stereocenters. The predicted octanol–water partition coefficient (Wildman–Crippen LogP) is -1.89. The molecule has 0 aliphatic rings. The van der Waals surface area contributed by atoms with Gasteiger partial charge in [0.1, 0.15) is 25.8 Å². The van der Waals surface area contributed by atoms with Crippen molar-refractivity contribution in [2.24, 2.45) is 11.5 Å². The fraction of sp³-hybridized carbons (Fsp3) is 0.636. The van der Waals surface area contributed by atoms with Gasteiger partial charge in [0.05, 0.1) is 0 Å². The zero-order valence-electron chi connectivity index (χ0n) is 12.4. The number of carbonyl (C=O) groups excluding carboxylic acids is 2. The Balaban J connectivity index is 4.02. The Morgan fingerprint density at radius 2 is 1.48 bits per heavy atom. The lowest BCUT2D eigenvalue weighted by Crippen LogP contribution is -2.39. The maximum absolute atomic E-state index is 11.5. The molecule has 0 fully saturated rings. The average Bonchev–Trinajstić information content (AvgIpc) is 2.35. The summed E-state index contributed by atoms with van der Waals surface area (Å²) in [5.41, 5.74) is 10.4. The van der Waals surface area contributed by atoms with Crippen molar-refractivity contribution < 1.29 is 19.1 Å². The highest BCUT2D eigenvalue weighted by Crippen LogP contribution is 1.96. The number of nitrogens with one attached hydrogen (secondary N) is 2. The van der Waals surface area contributed by atoms with E-state index < -0.39 is 18.0 Å². The normalized spacial score (nSPS) is 11.2. The quantitative estimate of drug-likeness (QED) is 0.241. The monoisotopic (exact) mass is 302 g/mol. The zero-order valence-corrected chi connectivity index (χ0v) is 12.4. The Bertz CT molecular complexity index is 414. The van der Waals surface area contributed by atoms with Crippen molar-refractivity contribution in [1.29, 1.82) is 10.8 Å². The molecule has 0 aliphatic heterocycles. The first-order chi connectivity index (χ1) is 9.63. The molecule has 0 spiro atoms. The minimum absolute atomic E-state index is 0.111. The van der Waals surface area contributed by atoms with E-state index in [1.54, 1.807) is 6.92 Å². The summed E-state index contributed by atoms with van der Waals surface area (Å²) in [4.78, 5) is 25.3. The van der Waals surface area contributed by atoms with E-state index in [1.807, 2.05) is 0 Å². The van der Waals surface area contributed by atoms with Gasteiger partial charge in [-0.1, -0.05) is 0 Å². The van der Waals surface area contributed by atoms with Gasteiger partial charge >= 0.3 is 11.9 Å². The van der Waals surface area contributed by atoms with Crippen molar-refractivity contribution >= 4 is 23.9 Å². The number of esters is 2. The van der Waals surface area contributed by atoms with Crippen LogP contribution in [-0.4, -0.2) is 73.6 Å². The SMILES string of the molecule is CC(COC(=O)CN(C)C(=N)N)OC(=O)CN(C)C(=N)N. The fourth-order valence-corrected chi connectivity index (χ4v) is 1.11. The Hall–Kier alpha value is -2.52. The molecule has 21 heavy (non-hydrogen) atoms. The van der Waals surface area contributed by atoms with E-state index >= 15 is 0 Å². The van der Waals surface area contributed by atoms with Crippen molar-refractivity contribution in [3.8, 4) is 0 Å². The standard InChI is InChI=1S/C11H22N6O4/c1-7(21-9(19)5-17(3)11(14)15)6-20-8(18)4-16(2)10(12)13/h7H,4-6H2,1-3H3,(H3,12,13)(H3,14,15). The van der Waals surface area contributed by atoms with Gasteiger partial charge in [-0.2, -0.15) is 0 Å². The molecular formula is C11H22N6O4. The average molecular weight is 302 g/mol. The summed E-state index contributed by atoms with van der Waals surface area (Å²) in [6.45, 7) is 1.12. The number of likely N-dealkylation sites (N-methyl/N-ethyl adjacent to an activating group) is 2. The van der Waals surface area contributed by atoms with E-state index in [1.165, 1.54) is 23.9 Å². The lowest BCUT2D eigenvalue weighted by Gasteiger charge is -2.19. The number of carbonyl (C=O) groups is 2. The van der Waals surface area contributed by atoms with Crippen molar-refractivity contribution in [3.05, 3.63) is 0 Å². The Labute approximate surface area is 123 Å². The van der Waals surface area contributed by atoms with E-state index in [0.717, 1.165) is 0 Å². The van der Waals surface area contributed by atoms with Crippen LogP contribution < -0.4 is 11.5 Å². The molecule has 10 heteroatoms. The van der Waals surface area contributed by atoms with Gasteiger partial charge in [-0.25, -0.2) is 0 Å². The fourth-order valence-electron chi connectivity index (χ4n) is 1.11. The molecule has 1 atom stereocenters. The third-order valence-electron chi connectivity index (χ3n) is 2.37. The predicted molar refractivity (Wildman–Crippen MR) is 75.6 cm³/mol. The van der Waals surface area contributed by atoms with Crippen LogP contribution >= 0.6 is 0 Å². The van der Waals surface area contributed by atoms with E-state index in [4.69, 9.17) is 31.8 Å². The van der Waals surface area contributed by atoms with Gasteiger partial charge in [-0.05, 0) is 6.92 Å². The van der Waals surface area contributed by atoms with Crippen molar-refractivity contribution in [2.75, 3.05) is 33.8 Å². The van der Waals surface area contributed by atoms with Gasteiger partial charge in [0.2, 0.25) is 0 Å². The van der Waals surface area contributed by atoms with Crippen molar-refractivity contribution in [3.63, 3.8) is 0 Å². The maximum atomic E-state index is 11.5. The summed E-state index contributed by atoms with van der Waals surface area (Å²) >= 11 is 0. The van der Waals surface area contributed by atoms with Crippen LogP contribution in [0.1, 0.15) is 6.92 Å². The third-order valence-corrected chi connectivity index (χ3v) is 2.37. The Morgan fingerprint density at radius 3 is 1.90 bits per heavy atom. The largest absolute Gasteiger partial charge is 0.460 e. The second-order valence-electron chi connectivity index (χ2n) is 4.47. The summed E-state index contributed by atoms with van der Waals surface area (Å²) < 4.78 is 9.87. The third kappa shape index (κ3) is 8.29. The molecule has 0 saturated carbocycles. The molecule has 0 rings (SSSR count). The van der Waals surface area contributed by atoms with Crippen LogP contribution in [0.25, 0.3) is 0 Å². The van der Waals surface area contributed by atoms with Gasteiger partial charge in [0, 0.05) is 14.1 Å². The van der Waals surface area contributed by atoms with Gasteiger partial charge in [0.25, 0.3) is 0 Å². The van der Waals surface area contributed by atoms with E-state index in [0.29, 0.717) is 0 Å². The summed E-state index contributed by atoms with van der Waals surface area (Å²) in [6.07, 6.45) is -0.635. The second-order valence-corrected chi connectivity index (χ2v) is 4.47. The first-order valence-electron chi connectivity index (χ1n) is 6.09. The van der Waals surface area contributed by atoms with Crippen LogP contribution in [0.15, 0.2) is 0 Å². The molecule has 0 heterocycles. The number of guanidine groups is 2. The molecule has 0 bridgehead atoms. The molecule has 0 amide bonds. The number of ether oxygens (including phenoxy) is 2. The second kappa shape index (κ2) is 8.61. The highest BCUT2D eigenvalue weighted by atomic mass is 16.6. The molecule has 0 aliphatic carbocycles. The van der Waals surface area contributed by atoms with Crippen LogP contribution in [-0.2, 0) is 19.1 Å². The van der Waals surface area contributed by atoms with E-state index in [2.05, 4.69) is 0 Å². The topological polar surface area (TPSA) is 159 Å². The highest BCUT2D eigenvalue weighted by Gasteiger charge is 2.15. The highest BCUT2D eigenvalue weighted by molar-refractivity contribution is 5.81. The van der Waals surface area contributed by atoms with E-state index in [9.17, 15) is 9.59 Å². The molecular weight excluding hydrogens is 280 g/mol. The number of nitrogens with zero attached hydrogens (tertiary/aromatic N) is 2. The lowest BCUT2D eigenvalue weighted by molar-refractivity contribution is -0.158. The summed E-state index contributed by atoms with van der Waals surface area (Å²) in [5, 5.41) is 14.2. The Morgan fingerprint density at radius 1 is 1.05 bits per heavy atom. The first-order valence-corrected chi connectivity index (χ1v) is 6.09. The summed E-state index contributed by atoms with van der Waals surface area (Å²) in [7, 11) is 2.95. The Kier molecular flexibility index (Phi) is 7.58. The van der Waals surface area contributed by atoms with Crippen LogP contribution in [0.4, 0.5) is 0 Å². The lowest BCUT2D eigenvalue weighted by atomic mass is 10.4. The van der Waals surface area contributed by atoms with E-state index in [-0.39, 0.29) is 31.6 Å². The van der Waals surface area contributed by atoms with Gasteiger partial charge in [-0.15, -0.1) is 0 Å². The molecule has 0 aromatic carbocycles.